The van der Waals surface area contributed by atoms with Gasteiger partial charge in [-0.3, -0.25) is 0 Å². The van der Waals surface area contributed by atoms with Crippen molar-refractivity contribution in [2.24, 2.45) is 0 Å². The third-order valence-electron chi connectivity index (χ3n) is 3.58. The van der Waals surface area contributed by atoms with Gasteiger partial charge >= 0.3 is 0 Å². The van der Waals surface area contributed by atoms with Crippen molar-refractivity contribution in [3.63, 3.8) is 0 Å². The van der Waals surface area contributed by atoms with E-state index in [0.717, 1.165) is 56.1 Å². The van der Waals surface area contributed by atoms with Crippen LogP contribution in [0, 0.1) is 0 Å². The fourth-order valence-corrected chi connectivity index (χ4v) is 2.55. The van der Waals surface area contributed by atoms with Gasteiger partial charge < -0.3 is 14.7 Å². The Morgan fingerprint density at radius 1 is 1.21 bits per heavy atom. The van der Waals surface area contributed by atoms with Gasteiger partial charge in [0.15, 0.2) is 0 Å². The molecule has 4 heteroatoms. The summed E-state index contributed by atoms with van der Waals surface area (Å²) in [6.07, 6.45) is 2.54. The Balaban J connectivity index is 1.56. The van der Waals surface area contributed by atoms with Crippen LogP contribution in [0.5, 0.6) is 0 Å². The van der Waals surface area contributed by atoms with E-state index in [4.69, 9.17) is 16.3 Å². The molecule has 0 aromatic heterocycles. The van der Waals surface area contributed by atoms with E-state index in [0.29, 0.717) is 6.61 Å². The topological polar surface area (TPSA) is 32.7 Å². The molecular formula is C15H22ClNO2. The average molecular weight is 284 g/mol. The zero-order valence-corrected chi connectivity index (χ0v) is 12.0. The van der Waals surface area contributed by atoms with Gasteiger partial charge in [-0.2, -0.15) is 0 Å². The molecule has 1 aromatic carbocycles. The molecule has 0 unspecified atom stereocenters. The molecule has 3 nitrogen and oxygen atoms in total. The highest BCUT2D eigenvalue weighted by molar-refractivity contribution is 6.31. The number of nitrogens with zero attached hydrogens (tertiary/aromatic N) is 1. The molecule has 0 bridgehead atoms. The number of halogens is 1. The van der Waals surface area contributed by atoms with Crippen molar-refractivity contribution in [3.05, 3.63) is 34.9 Å². The number of hydrogen-bond acceptors (Lipinski definition) is 3. The quantitative estimate of drug-likeness (QED) is 0.814. The molecule has 0 aliphatic carbocycles. The third kappa shape index (κ3) is 5.11. The second-order valence-electron chi connectivity index (χ2n) is 5.03. The lowest BCUT2D eigenvalue weighted by atomic mass is 10.1. The van der Waals surface area contributed by atoms with E-state index in [1.165, 1.54) is 0 Å². The van der Waals surface area contributed by atoms with Crippen molar-refractivity contribution >= 4 is 11.6 Å². The number of hydrogen-bond donors (Lipinski definition) is 1. The van der Waals surface area contributed by atoms with Crippen LogP contribution in [-0.4, -0.2) is 49.0 Å². The Labute approximate surface area is 120 Å². The molecule has 0 atom stereocenters. The first-order chi connectivity index (χ1) is 9.25. The second-order valence-corrected chi connectivity index (χ2v) is 5.43. The summed E-state index contributed by atoms with van der Waals surface area (Å²) in [5, 5.41) is 10.2. The maximum absolute atomic E-state index is 9.42. The van der Waals surface area contributed by atoms with E-state index in [-0.39, 0.29) is 6.10 Å². The highest BCUT2D eigenvalue weighted by atomic mass is 35.5. The smallest absolute Gasteiger partial charge is 0.0593 e. The van der Waals surface area contributed by atoms with E-state index in [1.54, 1.807) is 0 Å². The predicted molar refractivity (Wildman–Crippen MR) is 77.7 cm³/mol. The van der Waals surface area contributed by atoms with E-state index < -0.39 is 0 Å². The summed E-state index contributed by atoms with van der Waals surface area (Å²) in [6.45, 7) is 4.38. The van der Waals surface area contributed by atoms with Gasteiger partial charge in [0, 0.05) is 24.7 Å². The second kappa shape index (κ2) is 7.85. The zero-order chi connectivity index (χ0) is 13.5. The van der Waals surface area contributed by atoms with Gasteiger partial charge in [-0.15, -0.1) is 0 Å². The Morgan fingerprint density at radius 2 is 1.95 bits per heavy atom. The Hall–Kier alpha value is -0.610. The number of piperidine rings is 1. The molecule has 1 saturated heterocycles. The zero-order valence-electron chi connectivity index (χ0n) is 11.2. The van der Waals surface area contributed by atoms with Gasteiger partial charge in [0.25, 0.3) is 0 Å². The fourth-order valence-electron chi connectivity index (χ4n) is 2.32. The van der Waals surface area contributed by atoms with Crippen LogP contribution in [0.3, 0.4) is 0 Å². The van der Waals surface area contributed by atoms with Crippen LogP contribution in [-0.2, 0) is 11.2 Å². The standard InChI is InChI=1S/C15H22ClNO2/c16-15-4-2-1-3-13(15)7-11-19-12-10-17-8-5-14(18)6-9-17/h1-4,14,18H,5-12H2. The lowest BCUT2D eigenvalue weighted by Crippen LogP contribution is -2.37. The summed E-state index contributed by atoms with van der Waals surface area (Å²) >= 11 is 6.08. The van der Waals surface area contributed by atoms with Crippen molar-refractivity contribution in [2.75, 3.05) is 32.8 Å². The molecule has 106 valence electrons. The van der Waals surface area contributed by atoms with Crippen LogP contribution in [0.1, 0.15) is 18.4 Å². The molecule has 1 N–H and O–H groups in total. The first kappa shape index (κ1) is 14.8. The lowest BCUT2D eigenvalue weighted by Gasteiger charge is -2.29. The Kier molecular flexibility index (Phi) is 6.11. The summed E-state index contributed by atoms with van der Waals surface area (Å²) in [6, 6.07) is 7.89. The summed E-state index contributed by atoms with van der Waals surface area (Å²) < 4.78 is 5.66. The van der Waals surface area contributed by atoms with Gasteiger partial charge in [0.05, 0.1) is 19.3 Å². The van der Waals surface area contributed by atoms with Crippen LogP contribution in [0.15, 0.2) is 24.3 Å². The monoisotopic (exact) mass is 283 g/mol. The summed E-state index contributed by atoms with van der Waals surface area (Å²) in [7, 11) is 0. The minimum absolute atomic E-state index is 0.0996. The van der Waals surface area contributed by atoms with Crippen LogP contribution < -0.4 is 0 Å². The molecule has 1 heterocycles. The van der Waals surface area contributed by atoms with E-state index in [1.807, 2.05) is 24.3 Å². The normalized spacial score (nSPS) is 17.8. The number of aliphatic hydroxyl groups excluding tert-OH is 1. The molecule has 1 fully saturated rings. The average Bonchev–Trinajstić information content (AvgIpc) is 2.42. The van der Waals surface area contributed by atoms with Crippen LogP contribution in [0.2, 0.25) is 5.02 Å². The predicted octanol–water partition coefficient (Wildman–Crippen LogP) is 2.36. The summed E-state index contributed by atoms with van der Waals surface area (Å²) in [5.74, 6) is 0. The lowest BCUT2D eigenvalue weighted by molar-refractivity contribution is 0.0564. The first-order valence-electron chi connectivity index (χ1n) is 6.97. The number of benzene rings is 1. The van der Waals surface area contributed by atoms with Gasteiger partial charge in [-0.25, -0.2) is 0 Å². The van der Waals surface area contributed by atoms with E-state index in [2.05, 4.69) is 4.90 Å². The largest absolute Gasteiger partial charge is 0.393 e. The van der Waals surface area contributed by atoms with E-state index >= 15 is 0 Å². The van der Waals surface area contributed by atoms with Crippen LogP contribution in [0.4, 0.5) is 0 Å². The Bertz CT molecular complexity index is 378. The summed E-state index contributed by atoms with van der Waals surface area (Å²) in [5.41, 5.74) is 1.14. The minimum atomic E-state index is -0.0996. The molecular weight excluding hydrogens is 262 g/mol. The van der Waals surface area contributed by atoms with Crippen LogP contribution in [0.25, 0.3) is 0 Å². The first-order valence-corrected chi connectivity index (χ1v) is 7.35. The molecule has 0 saturated carbocycles. The Morgan fingerprint density at radius 3 is 2.68 bits per heavy atom. The number of rotatable bonds is 6. The molecule has 1 aliphatic heterocycles. The van der Waals surface area contributed by atoms with Gasteiger partial charge in [-0.1, -0.05) is 29.8 Å². The molecule has 0 spiro atoms. The molecule has 0 amide bonds. The van der Waals surface area contributed by atoms with Gasteiger partial charge in [0.2, 0.25) is 0 Å². The maximum Gasteiger partial charge on any atom is 0.0593 e. The van der Waals surface area contributed by atoms with Crippen molar-refractivity contribution in [1.29, 1.82) is 0 Å². The molecule has 19 heavy (non-hydrogen) atoms. The number of ether oxygens (including phenoxy) is 1. The van der Waals surface area contributed by atoms with E-state index in [9.17, 15) is 5.11 Å². The van der Waals surface area contributed by atoms with Crippen LogP contribution >= 0.6 is 11.6 Å². The van der Waals surface area contributed by atoms with Crippen molar-refractivity contribution in [1.82, 2.24) is 4.90 Å². The highest BCUT2D eigenvalue weighted by Crippen LogP contribution is 2.15. The molecule has 1 aliphatic rings. The molecule has 0 radical (unpaired) electrons. The minimum Gasteiger partial charge on any atom is -0.393 e. The van der Waals surface area contributed by atoms with Crippen molar-refractivity contribution < 1.29 is 9.84 Å². The molecule has 1 aromatic rings. The fraction of sp³-hybridized carbons (Fsp3) is 0.600. The number of likely N-dealkylation sites (tertiary alicyclic amines) is 1. The number of aliphatic hydroxyl groups is 1. The van der Waals surface area contributed by atoms with Crippen molar-refractivity contribution in [2.45, 2.75) is 25.4 Å². The SMILES string of the molecule is OC1CCN(CCOCCc2ccccc2Cl)CC1. The molecule has 2 rings (SSSR count). The van der Waals surface area contributed by atoms with Gasteiger partial charge in [0.1, 0.15) is 0 Å². The van der Waals surface area contributed by atoms with Crippen molar-refractivity contribution in [3.8, 4) is 0 Å². The van der Waals surface area contributed by atoms with Gasteiger partial charge in [-0.05, 0) is 30.9 Å². The third-order valence-corrected chi connectivity index (χ3v) is 3.95. The maximum atomic E-state index is 9.42. The highest BCUT2D eigenvalue weighted by Gasteiger charge is 2.16. The summed E-state index contributed by atoms with van der Waals surface area (Å²) in [4.78, 5) is 2.35.